The lowest BCUT2D eigenvalue weighted by Crippen LogP contribution is -2.61. The minimum absolute atomic E-state index is 0.0487. The van der Waals surface area contributed by atoms with Gasteiger partial charge in [-0.2, -0.15) is 8.61 Å². The molecule has 0 spiro atoms. The number of nitrogens with zero attached hydrogens (tertiary/aromatic N) is 2. The maximum Gasteiger partial charge on any atom is 0.263 e. The minimum atomic E-state index is -4.16. The number of piperazine rings is 1. The fraction of sp³-hybridized carbons (Fsp3) is 0.389. The Morgan fingerprint density at radius 3 is 2.45 bits per heavy atom. The molecule has 0 bridgehead atoms. The topological polar surface area (TPSA) is 124 Å². The van der Waals surface area contributed by atoms with Crippen LogP contribution in [-0.4, -0.2) is 68.0 Å². The van der Waals surface area contributed by atoms with Gasteiger partial charge in [-0.25, -0.2) is 26.7 Å². The van der Waals surface area contributed by atoms with Gasteiger partial charge in [0, 0.05) is 24.5 Å². The molecule has 1 amide bonds. The zero-order chi connectivity index (χ0) is 22.8. The van der Waals surface area contributed by atoms with E-state index in [-0.39, 0.29) is 23.1 Å². The minimum Gasteiger partial charge on any atom is -0.289 e. The van der Waals surface area contributed by atoms with Crippen molar-refractivity contribution in [2.24, 2.45) is 0 Å². The number of hydrogen-bond acceptors (Lipinski definition) is 7. The Kier molecular flexibility index (Phi) is 7.13. The zero-order valence-corrected chi connectivity index (χ0v) is 19.0. The van der Waals surface area contributed by atoms with Gasteiger partial charge in [-0.1, -0.05) is 19.1 Å². The van der Waals surface area contributed by atoms with E-state index in [1.165, 1.54) is 35.8 Å². The number of nitrogens with one attached hydrogen (secondary N) is 1. The molecule has 31 heavy (non-hydrogen) atoms. The summed E-state index contributed by atoms with van der Waals surface area (Å²) < 4.78 is 66.3. The quantitative estimate of drug-likeness (QED) is 0.447. The van der Waals surface area contributed by atoms with E-state index in [1.54, 1.807) is 13.0 Å². The lowest BCUT2D eigenvalue weighted by atomic mass is 10.2. The van der Waals surface area contributed by atoms with Crippen molar-refractivity contribution in [3.63, 3.8) is 0 Å². The standard InChI is InChI=1S/C18H22FN3O6S3/c1-2-11-30(25,26)21-9-10-22(15(12-21)18(23)20-24)31(27,28)17-8-7-16(29-17)13-3-5-14(19)6-4-13/h3-8,15,24H,2,9-12H2,1H3,(H,20,23). The number of amides is 1. The molecule has 2 heterocycles. The Labute approximate surface area is 184 Å². The maximum absolute atomic E-state index is 13.2. The van der Waals surface area contributed by atoms with Crippen molar-refractivity contribution in [3.8, 4) is 10.4 Å². The van der Waals surface area contributed by atoms with Gasteiger partial charge >= 0.3 is 0 Å². The van der Waals surface area contributed by atoms with Gasteiger partial charge < -0.3 is 0 Å². The largest absolute Gasteiger partial charge is 0.289 e. The monoisotopic (exact) mass is 491 g/mol. The second-order valence-electron chi connectivity index (χ2n) is 6.91. The summed E-state index contributed by atoms with van der Waals surface area (Å²) in [5.41, 5.74) is 2.06. The molecule has 1 aromatic heterocycles. The van der Waals surface area contributed by atoms with Gasteiger partial charge in [0.1, 0.15) is 16.1 Å². The fourth-order valence-corrected chi connectivity index (χ4v) is 7.81. The van der Waals surface area contributed by atoms with Crippen molar-refractivity contribution in [2.75, 3.05) is 25.4 Å². The van der Waals surface area contributed by atoms with Crippen LogP contribution in [-0.2, 0) is 24.8 Å². The number of sulfonamides is 2. The highest BCUT2D eigenvalue weighted by Gasteiger charge is 2.43. The highest BCUT2D eigenvalue weighted by atomic mass is 32.2. The molecular formula is C18H22FN3O6S3. The van der Waals surface area contributed by atoms with Crippen molar-refractivity contribution in [1.82, 2.24) is 14.1 Å². The number of benzene rings is 1. The van der Waals surface area contributed by atoms with E-state index in [2.05, 4.69) is 0 Å². The Morgan fingerprint density at radius 2 is 1.84 bits per heavy atom. The highest BCUT2D eigenvalue weighted by Crippen LogP contribution is 2.34. The summed E-state index contributed by atoms with van der Waals surface area (Å²) in [4.78, 5) is 12.8. The van der Waals surface area contributed by atoms with Crippen molar-refractivity contribution >= 4 is 37.3 Å². The SMILES string of the molecule is CCCS(=O)(=O)N1CCN(S(=O)(=O)c2ccc(-c3ccc(F)cc3)s2)C(C(=O)NO)C1. The first-order valence-electron chi connectivity index (χ1n) is 9.39. The number of rotatable bonds is 7. The predicted molar refractivity (Wildman–Crippen MR) is 113 cm³/mol. The first-order valence-corrected chi connectivity index (χ1v) is 13.3. The van der Waals surface area contributed by atoms with Crippen molar-refractivity contribution < 1.29 is 31.2 Å². The molecular weight excluding hydrogens is 469 g/mol. The summed E-state index contributed by atoms with van der Waals surface area (Å²) in [7, 11) is -7.81. The highest BCUT2D eigenvalue weighted by molar-refractivity contribution is 7.91. The van der Waals surface area contributed by atoms with E-state index in [1.807, 2.05) is 0 Å². The van der Waals surface area contributed by atoms with E-state index in [9.17, 15) is 26.0 Å². The molecule has 2 N–H and O–H groups in total. The molecule has 1 saturated heterocycles. The van der Waals surface area contributed by atoms with Crippen LogP contribution in [0.15, 0.2) is 40.6 Å². The molecule has 1 atom stereocenters. The van der Waals surface area contributed by atoms with E-state index in [0.717, 1.165) is 19.9 Å². The fourth-order valence-electron chi connectivity index (χ4n) is 3.30. The predicted octanol–water partition coefficient (Wildman–Crippen LogP) is 1.47. The first kappa shape index (κ1) is 23.8. The molecule has 1 aliphatic rings. The Bertz CT molecular complexity index is 1150. The molecule has 0 radical (unpaired) electrons. The van der Waals surface area contributed by atoms with Crippen LogP contribution in [0.2, 0.25) is 0 Å². The average Bonchev–Trinajstić information content (AvgIpc) is 3.24. The van der Waals surface area contributed by atoms with Crippen LogP contribution >= 0.6 is 11.3 Å². The Morgan fingerprint density at radius 1 is 1.16 bits per heavy atom. The van der Waals surface area contributed by atoms with Crippen molar-refractivity contribution in [1.29, 1.82) is 0 Å². The molecule has 0 saturated carbocycles. The summed E-state index contributed by atoms with van der Waals surface area (Å²) in [6, 6.07) is 7.11. The van der Waals surface area contributed by atoms with Gasteiger partial charge in [0.25, 0.3) is 15.9 Å². The molecule has 13 heteroatoms. The molecule has 1 fully saturated rings. The number of carbonyl (C=O) groups excluding carboxylic acids is 1. The summed E-state index contributed by atoms with van der Waals surface area (Å²) in [5.74, 6) is -1.56. The van der Waals surface area contributed by atoms with E-state index in [0.29, 0.717) is 16.9 Å². The van der Waals surface area contributed by atoms with Crippen LogP contribution < -0.4 is 5.48 Å². The molecule has 1 aromatic carbocycles. The number of hydroxylamine groups is 1. The van der Waals surface area contributed by atoms with Crippen LogP contribution in [0.4, 0.5) is 4.39 Å². The lowest BCUT2D eigenvalue weighted by Gasteiger charge is -2.38. The second kappa shape index (κ2) is 9.30. The normalized spacial score (nSPS) is 18.7. The zero-order valence-electron chi connectivity index (χ0n) is 16.6. The van der Waals surface area contributed by atoms with Crippen LogP contribution in [0.3, 0.4) is 0 Å². The number of halogens is 1. The van der Waals surface area contributed by atoms with Crippen molar-refractivity contribution in [2.45, 2.75) is 23.6 Å². The molecule has 3 rings (SSSR count). The van der Waals surface area contributed by atoms with Gasteiger partial charge in [0.05, 0.1) is 5.75 Å². The average molecular weight is 492 g/mol. The van der Waals surface area contributed by atoms with Crippen molar-refractivity contribution in [3.05, 3.63) is 42.2 Å². The van der Waals surface area contributed by atoms with Gasteiger partial charge in [-0.05, 0) is 36.2 Å². The molecule has 0 aliphatic carbocycles. The third-order valence-electron chi connectivity index (χ3n) is 4.84. The summed E-state index contributed by atoms with van der Waals surface area (Å²) in [6.45, 7) is 0.954. The molecule has 2 aromatic rings. The van der Waals surface area contributed by atoms with Gasteiger partial charge in [-0.15, -0.1) is 11.3 Å². The third-order valence-corrected chi connectivity index (χ3v) is 10.4. The maximum atomic E-state index is 13.2. The molecule has 1 unspecified atom stereocenters. The lowest BCUT2D eigenvalue weighted by molar-refractivity contribution is -0.134. The summed E-state index contributed by atoms with van der Waals surface area (Å²) >= 11 is 0.950. The first-order chi connectivity index (χ1) is 14.6. The third kappa shape index (κ3) is 4.96. The number of carbonyl (C=O) groups is 1. The van der Waals surface area contributed by atoms with Crippen LogP contribution in [0.5, 0.6) is 0 Å². The van der Waals surface area contributed by atoms with E-state index < -0.39 is 44.4 Å². The van der Waals surface area contributed by atoms with E-state index >= 15 is 0 Å². The Balaban J connectivity index is 1.91. The van der Waals surface area contributed by atoms with Crippen LogP contribution in [0, 0.1) is 5.82 Å². The van der Waals surface area contributed by atoms with E-state index in [4.69, 9.17) is 5.21 Å². The Hall–Kier alpha value is -1.90. The number of thiophene rings is 1. The second-order valence-corrected chi connectivity index (χ2v) is 12.2. The molecule has 9 nitrogen and oxygen atoms in total. The summed E-state index contributed by atoms with van der Waals surface area (Å²) in [5, 5.41) is 9.09. The van der Waals surface area contributed by atoms with Gasteiger partial charge in [-0.3, -0.25) is 10.0 Å². The number of hydrogen-bond donors (Lipinski definition) is 2. The van der Waals surface area contributed by atoms with Crippen LogP contribution in [0.1, 0.15) is 13.3 Å². The van der Waals surface area contributed by atoms with Gasteiger partial charge in [0.15, 0.2) is 0 Å². The molecule has 170 valence electrons. The molecule has 1 aliphatic heterocycles. The van der Waals surface area contributed by atoms with Crippen LogP contribution in [0.25, 0.3) is 10.4 Å². The summed E-state index contributed by atoms with van der Waals surface area (Å²) in [6.07, 6.45) is 0.374. The van der Waals surface area contributed by atoms with Gasteiger partial charge in [0.2, 0.25) is 10.0 Å². The smallest absolute Gasteiger partial charge is 0.263 e.